The Labute approximate surface area is 184 Å². The second-order valence-corrected chi connectivity index (χ2v) is 10.8. The number of nitrogens with one attached hydrogen (secondary N) is 1. The average molecular weight is 467 g/mol. The third-order valence-corrected chi connectivity index (χ3v) is 8.42. The van der Waals surface area contributed by atoms with E-state index in [9.17, 15) is 8.42 Å². The van der Waals surface area contributed by atoms with Crippen LogP contribution < -0.4 is 5.32 Å². The first kappa shape index (κ1) is 21.2. The molecule has 3 aromatic rings. The number of aromatic nitrogens is 4. The van der Waals surface area contributed by atoms with E-state index >= 15 is 0 Å². The minimum atomic E-state index is -3.12. The molecule has 1 aromatic carbocycles. The smallest absolute Gasteiger partial charge is 0.213 e. The van der Waals surface area contributed by atoms with Crippen molar-refractivity contribution in [2.75, 3.05) is 24.2 Å². The van der Waals surface area contributed by atoms with Crippen LogP contribution in [0.4, 0.5) is 10.9 Å². The third kappa shape index (κ3) is 4.83. The number of benzene rings is 1. The van der Waals surface area contributed by atoms with E-state index in [4.69, 9.17) is 11.6 Å². The van der Waals surface area contributed by atoms with Crippen molar-refractivity contribution < 1.29 is 8.42 Å². The number of rotatable bonds is 7. The van der Waals surface area contributed by atoms with Crippen molar-refractivity contribution in [2.45, 2.75) is 32.2 Å². The molecule has 1 N–H and O–H groups in total. The Bertz CT molecular complexity index is 1110. The first-order chi connectivity index (χ1) is 14.4. The lowest BCUT2D eigenvalue weighted by Gasteiger charge is -2.29. The van der Waals surface area contributed by atoms with Crippen molar-refractivity contribution >= 4 is 43.9 Å². The maximum Gasteiger partial charge on any atom is 0.213 e. The van der Waals surface area contributed by atoms with E-state index in [1.807, 2.05) is 41.2 Å². The number of nitrogens with zero attached hydrogens (tertiary/aromatic N) is 5. The van der Waals surface area contributed by atoms with Crippen LogP contribution in [0.25, 0.3) is 0 Å². The molecule has 0 unspecified atom stereocenters. The SMILES string of the molecule is CCS(=O)(=O)N1CCC(c2nnc(Nc3ccn(Cc4ccccc4Cl)n3)s2)CC1. The quantitative estimate of drug-likeness (QED) is 0.570. The molecule has 1 aliphatic rings. The van der Waals surface area contributed by atoms with Crippen molar-refractivity contribution in [1.29, 1.82) is 0 Å². The van der Waals surface area contributed by atoms with Crippen LogP contribution in [0, 0.1) is 0 Å². The van der Waals surface area contributed by atoms with Crippen molar-refractivity contribution in [3.8, 4) is 0 Å². The van der Waals surface area contributed by atoms with Gasteiger partial charge in [0, 0.05) is 36.3 Å². The standard InChI is InChI=1S/C19H23ClN6O2S2/c1-2-30(27,28)26-11-7-14(8-12-26)18-22-23-19(29-18)21-17-9-10-25(24-17)13-15-5-3-4-6-16(15)20/h3-6,9-10,14H,2,7-8,11-13H2,1H3,(H,21,23,24). The molecule has 0 spiro atoms. The molecule has 1 saturated heterocycles. The Morgan fingerprint density at radius 2 is 1.97 bits per heavy atom. The molecule has 30 heavy (non-hydrogen) atoms. The predicted octanol–water partition coefficient (Wildman–Crippen LogP) is 3.71. The molecule has 11 heteroatoms. The van der Waals surface area contributed by atoms with Crippen LogP contribution in [0.1, 0.15) is 36.3 Å². The van der Waals surface area contributed by atoms with Gasteiger partial charge in [0.2, 0.25) is 15.2 Å². The van der Waals surface area contributed by atoms with Gasteiger partial charge in [0.15, 0.2) is 5.82 Å². The van der Waals surface area contributed by atoms with Crippen molar-refractivity contribution in [3.63, 3.8) is 0 Å². The first-order valence-corrected chi connectivity index (χ1v) is 12.6. The van der Waals surface area contributed by atoms with Crippen LogP contribution in [0.2, 0.25) is 5.02 Å². The fourth-order valence-corrected chi connectivity index (χ4v) is 5.69. The van der Waals surface area contributed by atoms with Crippen molar-refractivity contribution in [3.05, 3.63) is 52.1 Å². The maximum atomic E-state index is 12.0. The number of halogens is 1. The van der Waals surface area contributed by atoms with E-state index in [1.165, 1.54) is 11.3 Å². The van der Waals surface area contributed by atoms with E-state index < -0.39 is 10.0 Å². The van der Waals surface area contributed by atoms with Crippen molar-refractivity contribution in [1.82, 2.24) is 24.3 Å². The molecule has 0 bridgehead atoms. The van der Waals surface area contributed by atoms with Crippen LogP contribution in [0.5, 0.6) is 0 Å². The molecule has 3 heterocycles. The Morgan fingerprint density at radius 1 is 1.20 bits per heavy atom. The molecule has 0 saturated carbocycles. The zero-order chi connectivity index (χ0) is 21.1. The molecule has 8 nitrogen and oxygen atoms in total. The van der Waals surface area contributed by atoms with Gasteiger partial charge in [-0.3, -0.25) is 4.68 Å². The Morgan fingerprint density at radius 3 is 2.70 bits per heavy atom. The highest BCUT2D eigenvalue weighted by Gasteiger charge is 2.29. The summed E-state index contributed by atoms with van der Waals surface area (Å²) in [7, 11) is -3.12. The first-order valence-electron chi connectivity index (χ1n) is 9.79. The number of piperidine rings is 1. The summed E-state index contributed by atoms with van der Waals surface area (Å²) in [5, 5.41) is 18.6. The second kappa shape index (κ2) is 9.01. The summed E-state index contributed by atoms with van der Waals surface area (Å²) in [6, 6.07) is 9.58. The molecule has 1 aliphatic heterocycles. The molecule has 1 fully saturated rings. The normalized spacial score (nSPS) is 16.1. The number of anilines is 2. The highest BCUT2D eigenvalue weighted by molar-refractivity contribution is 7.89. The highest BCUT2D eigenvalue weighted by atomic mass is 35.5. The fourth-order valence-electron chi connectivity index (χ4n) is 3.44. The van der Waals surface area contributed by atoms with Gasteiger partial charge in [-0.25, -0.2) is 12.7 Å². The topological polar surface area (TPSA) is 93.0 Å². The van der Waals surface area contributed by atoms with E-state index in [0.29, 0.717) is 35.6 Å². The molecule has 2 aromatic heterocycles. The Kier molecular flexibility index (Phi) is 6.37. The van der Waals surface area contributed by atoms with Crippen LogP contribution in [0.3, 0.4) is 0 Å². The molecule has 160 valence electrons. The van der Waals surface area contributed by atoms with Gasteiger partial charge in [-0.1, -0.05) is 41.1 Å². The molecule has 0 amide bonds. The molecule has 4 rings (SSSR count). The van der Waals surface area contributed by atoms with E-state index in [2.05, 4.69) is 20.6 Å². The number of hydrogen-bond donors (Lipinski definition) is 1. The average Bonchev–Trinajstić information content (AvgIpc) is 3.40. The van der Waals surface area contributed by atoms with Crippen LogP contribution in [-0.2, 0) is 16.6 Å². The van der Waals surface area contributed by atoms with Crippen LogP contribution in [-0.4, -0.2) is 51.5 Å². The summed E-state index contributed by atoms with van der Waals surface area (Å²) >= 11 is 7.71. The summed E-state index contributed by atoms with van der Waals surface area (Å²) in [6.45, 7) is 3.34. The van der Waals surface area contributed by atoms with E-state index in [1.54, 1.807) is 11.2 Å². The van der Waals surface area contributed by atoms with Gasteiger partial charge in [-0.15, -0.1) is 10.2 Å². The van der Waals surface area contributed by atoms with E-state index in [-0.39, 0.29) is 11.7 Å². The van der Waals surface area contributed by atoms with E-state index in [0.717, 1.165) is 23.4 Å². The lowest BCUT2D eigenvalue weighted by atomic mass is 9.99. The lowest BCUT2D eigenvalue weighted by molar-refractivity contribution is 0.319. The summed E-state index contributed by atoms with van der Waals surface area (Å²) < 4.78 is 27.4. The van der Waals surface area contributed by atoms with Gasteiger partial charge in [-0.05, 0) is 31.4 Å². The maximum absolute atomic E-state index is 12.0. The molecular formula is C19H23ClN6O2S2. The van der Waals surface area contributed by atoms with Gasteiger partial charge in [0.05, 0.1) is 12.3 Å². The highest BCUT2D eigenvalue weighted by Crippen LogP contribution is 2.33. The summed E-state index contributed by atoms with van der Waals surface area (Å²) in [4.78, 5) is 0. The Balaban J connectivity index is 1.35. The second-order valence-electron chi connectivity index (χ2n) is 7.13. The zero-order valence-corrected chi connectivity index (χ0v) is 18.9. The number of sulfonamides is 1. The summed E-state index contributed by atoms with van der Waals surface area (Å²) in [5.41, 5.74) is 1.00. The van der Waals surface area contributed by atoms with Gasteiger partial charge < -0.3 is 5.32 Å². The molecule has 0 aliphatic carbocycles. The minimum Gasteiger partial charge on any atom is -0.313 e. The van der Waals surface area contributed by atoms with Crippen LogP contribution in [0.15, 0.2) is 36.5 Å². The third-order valence-electron chi connectivity index (χ3n) is 5.17. The van der Waals surface area contributed by atoms with Crippen molar-refractivity contribution in [2.24, 2.45) is 0 Å². The summed E-state index contributed by atoms with van der Waals surface area (Å²) in [5.74, 6) is 1.07. The van der Waals surface area contributed by atoms with Gasteiger partial charge in [-0.2, -0.15) is 5.10 Å². The predicted molar refractivity (Wildman–Crippen MR) is 119 cm³/mol. The summed E-state index contributed by atoms with van der Waals surface area (Å²) in [6.07, 6.45) is 3.41. The Hall–Kier alpha value is -2.01. The van der Waals surface area contributed by atoms with Gasteiger partial charge in [0.1, 0.15) is 5.01 Å². The van der Waals surface area contributed by atoms with Gasteiger partial charge >= 0.3 is 0 Å². The molecule has 0 radical (unpaired) electrons. The molecule has 0 atom stereocenters. The zero-order valence-electron chi connectivity index (χ0n) is 16.5. The number of hydrogen-bond acceptors (Lipinski definition) is 7. The monoisotopic (exact) mass is 466 g/mol. The molecular weight excluding hydrogens is 444 g/mol. The van der Waals surface area contributed by atoms with Crippen LogP contribution >= 0.6 is 22.9 Å². The largest absolute Gasteiger partial charge is 0.313 e. The minimum absolute atomic E-state index is 0.146. The van der Waals surface area contributed by atoms with Gasteiger partial charge in [0.25, 0.3) is 0 Å². The lowest BCUT2D eigenvalue weighted by Crippen LogP contribution is -2.38. The fraction of sp³-hybridized carbons (Fsp3) is 0.421.